The quantitative estimate of drug-likeness (QED) is 0.887. The summed E-state index contributed by atoms with van der Waals surface area (Å²) in [6, 6.07) is 16.9. The molecular formula is C17H19NO3. The molecule has 110 valence electrons. The number of rotatable bonds is 6. The molecule has 0 fully saturated rings. The Kier molecular flexibility index (Phi) is 5.21. The van der Waals surface area contributed by atoms with Crippen LogP contribution >= 0.6 is 0 Å². The van der Waals surface area contributed by atoms with Crippen molar-refractivity contribution in [3.63, 3.8) is 0 Å². The Hall–Kier alpha value is -2.49. The summed E-state index contributed by atoms with van der Waals surface area (Å²) in [6.45, 7) is 2.17. The SMILES string of the molecule is COc1cccc(CNC(=O)[C@H](C)Oc2ccccc2)c1. The van der Waals surface area contributed by atoms with Gasteiger partial charge in [0.2, 0.25) is 0 Å². The number of para-hydroxylation sites is 1. The minimum atomic E-state index is -0.544. The smallest absolute Gasteiger partial charge is 0.261 e. The van der Waals surface area contributed by atoms with Gasteiger partial charge in [0.1, 0.15) is 11.5 Å². The Morgan fingerprint density at radius 2 is 1.81 bits per heavy atom. The van der Waals surface area contributed by atoms with Crippen LogP contribution in [-0.4, -0.2) is 19.1 Å². The lowest BCUT2D eigenvalue weighted by Gasteiger charge is -2.14. The number of ether oxygens (including phenoxy) is 2. The van der Waals surface area contributed by atoms with Crippen molar-refractivity contribution in [2.75, 3.05) is 7.11 Å². The molecule has 0 saturated carbocycles. The lowest BCUT2D eigenvalue weighted by molar-refractivity contribution is -0.127. The number of benzene rings is 2. The minimum absolute atomic E-state index is 0.151. The molecule has 0 spiro atoms. The van der Waals surface area contributed by atoms with E-state index in [1.54, 1.807) is 14.0 Å². The fraction of sp³-hybridized carbons (Fsp3) is 0.235. The Morgan fingerprint density at radius 3 is 2.52 bits per heavy atom. The lowest BCUT2D eigenvalue weighted by atomic mass is 10.2. The molecule has 0 heterocycles. The second-order valence-electron chi connectivity index (χ2n) is 4.64. The molecule has 0 aliphatic rings. The normalized spacial score (nSPS) is 11.5. The van der Waals surface area contributed by atoms with Crippen LogP contribution in [0.25, 0.3) is 0 Å². The summed E-state index contributed by atoms with van der Waals surface area (Å²) < 4.78 is 10.7. The van der Waals surface area contributed by atoms with Crippen LogP contribution in [0.4, 0.5) is 0 Å². The first kappa shape index (κ1) is 14.9. The van der Waals surface area contributed by atoms with Crippen LogP contribution in [0.5, 0.6) is 11.5 Å². The van der Waals surface area contributed by atoms with Crippen LogP contribution in [0.2, 0.25) is 0 Å². The molecular weight excluding hydrogens is 266 g/mol. The molecule has 4 nitrogen and oxygen atoms in total. The van der Waals surface area contributed by atoms with Gasteiger partial charge in [-0.15, -0.1) is 0 Å². The highest BCUT2D eigenvalue weighted by atomic mass is 16.5. The first-order chi connectivity index (χ1) is 10.2. The van der Waals surface area contributed by atoms with Crippen LogP contribution in [0.15, 0.2) is 54.6 Å². The van der Waals surface area contributed by atoms with Gasteiger partial charge in [-0.1, -0.05) is 30.3 Å². The first-order valence-electron chi connectivity index (χ1n) is 6.81. The van der Waals surface area contributed by atoms with E-state index in [0.717, 1.165) is 11.3 Å². The van der Waals surface area contributed by atoms with Gasteiger partial charge in [0.15, 0.2) is 6.10 Å². The number of hydrogen-bond acceptors (Lipinski definition) is 3. The molecule has 0 unspecified atom stereocenters. The molecule has 0 bridgehead atoms. The van der Waals surface area contributed by atoms with Crippen LogP contribution in [0, 0.1) is 0 Å². The number of methoxy groups -OCH3 is 1. The van der Waals surface area contributed by atoms with E-state index in [-0.39, 0.29) is 5.91 Å². The highest BCUT2D eigenvalue weighted by Gasteiger charge is 2.14. The summed E-state index contributed by atoms with van der Waals surface area (Å²) in [5, 5.41) is 2.85. The van der Waals surface area contributed by atoms with Gasteiger partial charge in [-0.3, -0.25) is 4.79 Å². The van der Waals surface area contributed by atoms with Crippen molar-refractivity contribution >= 4 is 5.91 Å². The Morgan fingerprint density at radius 1 is 1.10 bits per heavy atom. The Bertz CT molecular complexity index is 584. The fourth-order valence-corrected chi connectivity index (χ4v) is 1.87. The maximum atomic E-state index is 12.0. The van der Waals surface area contributed by atoms with Gasteiger partial charge in [0.25, 0.3) is 5.91 Å². The van der Waals surface area contributed by atoms with Crippen molar-refractivity contribution in [3.05, 3.63) is 60.2 Å². The van der Waals surface area contributed by atoms with Gasteiger partial charge in [0, 0.05) is 6.54 Å². The first-order valence-corrected chi connectivity index (χ1v) is 6.81. The van der Waals surface area contributed by atoms with E-state index in [1.807, 2.05) is 54.6 Å². The van der Waals surface area contributed by atoms with Crippen LogP contribution in [0.3, 0.4) is 0 Å². The second kappa shape index (κ2) is 7.33. The van der Waals surface area contributed by atoms with Crippen molar-refractivity contribution in [1.29, 1.82) is 0 Å². The molecule has 0 aromatic heterocycles. The number of carbonyl (C=O) groups is 1. The summed E-state index contributed by atoms with van der Waals surface area (Å²) in [5.74, 6) is 1.30. The average Bonchev–Trinajstić information content (AvgIpc) is 2.53. The highest BCUT2D eigenvalue weighted by Crippen LogP contribution is 2.13. The fourth-order valence-electron chi connectivity index (χ4n) is 1.87. The number of nitrogens with one attached hydrogen (secondary N) is 1. The van der Waals surface area contributed by atoms with Crippen LogP contribution < -0.4 is 14.8 Å². The van der Waals surface area contributed by atoms with E-state index in [4.69, 9.17) is 9.47 Å². The van der Waals surface area contributed by atoms with E-state index in [0.29, 0.717) is 12.3 Å². The third-order valence-corrected chi connectivity index (χ3v) is 3.03. The molecule has 1 amide bonds. The number of hydrogen-bond donors (Lipinski definition) is 1. The van der Waals surface area contributed by atoms with Gasteiger partial charge in [-0.05, 0) is 36.8 Å². The van der Waals surface area contributed by atoms with Gasteiger partial charge in [-0.25, -0.2) is 0 Å². The third-order valence-electron chi connectivity index (χ3n) is 3.03. The van der Waals surface area contributed by atoms with E-state index >= 15 is 0 Å². The molecule has 2 aromatic rings. The maximum absolute atomic E-state index is 12.0. The highest BCUT2D eigenvalue weighted by molar-refractivity contribution is 5.80. The molecule has 1 N–H and O–H groups in total. The molecule has 21 heavy (non-hydrogen) atoms. The average molecular weight is 285 g/mol. The van der Waals surface area contributed by atoms with Crippen molar-refractivity contribution < 1.29 is 14.3 Å². The van der Waals surface area contributed by atoms with Gasteiger partial charge in [-0.2, -0.15) is 0 Å². The molecule has 0 aliphatic heterocycles. The number of amides is 1. The lowest BCUT2D eigenvalue weighted by Crippen LogP contribution is -2.35. The summed E-state index contributed by atoms with van der Waals surface area (Å²) in [7, 11) is 1.62. The molecule has 1 atom stereocenters. The van der Waals surface area contributed by atoms with Crippen molar-refractivity contribution in [2.24, 2.45) is 0 Å². The maximum Gasteiger partial charge on any atom is 0.261 e. The molecule has 0 radical (unpaired) electrons. The monoisotopic (exact) mass is 285 g/mol. The molecule has 2 rings (SSSR count). The Labute approximate surface area is 124 Å². The van der Waals surface area contributed by atoms with Crippen molar-refractivity contribution in [3.8, 4) is 11.5 Å². The van der Waals surface area contributed by atoms with Gasteiger partial charge in [0.05, 0.1) is 7.11 Å². The van der Waals surface area contributed by atoms with E-state index < -0.39 is 6.10 Å². The molecule has 0 saturated heterocycles. The summed E-state index contributed by atoms with van der Waals surface area (Å²) >= 11 is 0. The summed E-state index contributed by atoms with van der Waals surface area (Å²) in [4.78, 5) is 12.0. The largest absolute Gasteiger partial charge is 0.497 e. The van der Waals surface area contributed by atoms with Gasteiger partial charge >= 0.3 is 0 Å². The Balaban J connectivity index is 1.86. The van der Waals surface area contributed by atoms with E-state index in [9.17, 15) is 4.79 Å². The molecule has 2 aromatic carbocycles. The van der Waals surface area contributed by atoms with Crippen molar-refractivity contribution in [2.45, 2.75) is 19.6 Å². The van der Waals surface area contributed by atoms with Crippen LogP contribution in [0.1, 0.15) is 12.5 Å². The molecule has 0 aliphatic carbocycles. The predicted molar refractivity (Wildman–Crippen MR) is 81.4 cm³/mol. The zero-order valence-electron chi connectivity index (χ0n) is 12.2. The van der Waals surface area contributed by atoms with Gasteiger partial charge < -0.3 is 14.8 Å². The third kappa shape index (κ3) is 4.53. The summed E-state index contributed by atoms with van der Waals surface area (Å²) in [5.41, 5.74) is 0.981. The second-order valence-corrected chi connectivity index (χ2v) is 4.64. The van der Waals surface area contributed by atoms with Crippen molar-refractivity contribution in [1.82, 2.24) is 5.32 Å². The predicted octanol–water partition coefficient (Wildman–Crippen LogP) is 2.78. The minimum Gasteiger partial charge on any atom is -0.497 e. The number of carbonyl (C=O) groups excluding carboxylic acids is 1. The van der Waals surface area contributed by atoms with E-state index in [2.05, 4.69) is 5.32 Å². The summed E-state index contributed by atoms with van der Waals surface area (Å²) in [6.07, 6.45) is -0.544. The molecule has 4 heteroatoms. The standard InChI is InChI=1S/C17H19NO3/c1-13(21-15-8-4-3-5-9-15)17(19)18-12-14-7-6-10-16(11-14)20-2/h3-11,13H,12H2,1-2H3,(H,18,19)/t13-/m0/s1. The zero-order valence-corrected chi connectivity index (χ0v) is 12.2. The van der Waals surface area contributed by atoms with E-state index in [1.165, 1.54) is 0 Å². The zero-order chi connectivity index (χ0) is 15.1. The van der Waals surface area contributed by atoms with Crippen LogP contribution in [-0.2, 0) is 11.3 Å². The topological polar surface area (TPSA) is 47.6 Å².